The quantitative estimate of drug-likeness (QED) is 0.774. The Kier molecular flexibility index (Phi) is 6.49. The zero-order valence-electron chi connectivity index (χ0n) is 16.3. The summed E-state index contributed by atoms with van der Waals surface area (Å²) in [7, 11) is -1.53. The van der Waals surface area contributed by atoms with E-state index in [1.54, 1.807) is 24.3 Å². The maximum atomic E-state index is 12.6. The molecule has 2 aromatic rings. The Morgan fingerprint density at radius 2 is 1.68 bits per heavy atom. The van der Waals surface area contributed by atoms with E-state index in [0.717, 1.165) is 18.4 Å². The molecular weight excluding hydrogens is 374 g/mol. The lowest BCUT2D eigenvalue weighted by molar-refractivity contribution is -0.120. The Bertz CT molecular complexity index is 892. The molecule has 6 nitrogen and oxygen atoms in total. The van der Waals surface area contributed by atoms with Crippen molar-refractivity contribution in [2.24, 2.45) is 0 Å². The van der Waals surface area contributed by atoms with Crippen molar-refractivity contribution >= 4 is 21.6 Å². The second kappa shape index (κ2) is 8.86. The SMILES string of the molecule is C[C@H](C(=O)Nc1ccc(S(=O)(=O)N2CCCC2)cc1)N(C)Cc1ccccc1. The Morgan fingerprint density at radius 3 is 2.29 bits per heavy atom. The van der Waals surface area contributed by atoms with Gasteiger partial charge in [0, 0.05) is 25.3 Å². The minimum Gasteiger partial charge on any atom is -0.325 e. The van der Waals surface area contributed by atoms with Crippen LogP contribution in [-0.2, 0) is 21.4 Å². The van der Waals surface area contributed by atoms with Crippen molar-refractivity contribution < 1.29 is 13.2 Å². The summed E-state index contributed by atoms with van der Waals surface area (Å²) in [4.78, 5) is 14.8. The third-order valence-corrected chi connectivity index (χ3v) is 7.05. The van der Waals surface area contributed by atoms with Crippen LogP contribution >= 0.6 is 0 Å². The van der Waals surface area contributed by atoms with E-state index in [1.807, 2.05) is 49.2 Å². The van der Waals surface area contributed by atoms with E-state index in [0.29, 0.717) is 25.3 Å². The van der Waals surface area contributed by atoms with Gasteiger partial charge in [0.15, 0.2) is 0 Å². The third kappa shape index (κ3) is 4.79. The number of amides is 1. The van der Waals surface area contributed by atoms with Crippen molar-refractivity contribution in [1.82, 2.24) is 9.21 Å². The highest BCUT2D eigenvalue weighted by atomic mass is 32.2. The molecule has 0 spiro atoms. The number of nitrogens with one attached hydrogen (secondary N) is 1. The van der Waals surface area contributed by atoms with E-state index in [9.17, 15) is 13.2 Å². The van der Waals surface area contributed by atoms with Gasteiger partial charge < -0.3 is 5.32 Å². The van der Waals surface area contributed by atoms with E-state index in [2.05, 4.69) is 5.32 Å². The Morgan fingerprint density at radius 1 is 1.07 bits per heavy atom. The first-order chi connectivity index (χ1) is 13.4. The monoisotopic (exact) mass is 401 g/mol. The van der Waals surface area contributed by atoms with E-state index in [-0.39, 0.29) is 16.8 Å². The molecule has 0 aromatic heterocycles. The molecule has 150 valence electrons. The van der Waals surface area contributed by atoms with Crippen molar-refractivity contribution in [2.45, 2.75) is 37.2 Å². The molecular formula is C21H27N3O3S. The summed E-state index contributed by atoms with van der Waals surface area (Å²) in [5.41, 5.74) is 1.73. The van der Waals surface area contributed by atoms with Crippen LogP contribution in [0.25, 0.3) is 0 Å². The number of carbonyl (C=O) groups excluding carboxylic acids is 1. The number of benzene rings is 2. The van der Waals surface area contributed by atoms with Crippen molar-refractivity contribution in [1.29, 1.82) is 0 Å². The first-order valence-electron chi connectivity index (χ1n) is 9.53. The van der Waals surface area contributed by atoms with Gasteiger partial charge in [-0.2, -0.15) is 4.31 Å². The molecule has 1 aliphatic rings. The van der Waals surface area contributed by atoms with Gasteiger partial charge in [0.25, 0.3) is 0 Å². The lowest BCUT2D eigenvalue weighted by Crippen LogP contribution is -2.39. The van der Waals surface area contributed by atoms with Crippen LogP contribution < -0.4 is 5.32 Å². The van der Waals surface area contributed by atoms with E-state index in [1.165, 1.54) is 4.31 Å². The van der Waals surface area contributed by atoms with E-state index < -0.39 is 10.0 Å². The second-order valence-electron chi connectivity index (χ2n) is 7.20. The number of sulfonamides is 1. The predicted molar refractivity (Wildman–Crippen MR) is 110 cm³/mol. The summed E-state index contributed by atoms with van der Waals surface area (Å²) >= 11 is 0. The number of nitrogens with zero attached hydrogens (tertiary/aromatic N) is 2. The molecule has 1 atom stereocenters. The van der Waals surface area contributed by atoms with Gasteiger partial charge in [0.2, 0.25) is 15.9 Å². The van der Waals surface area contributed by atoms with Crippen LogP contribution in [0.2, 0.25) is 0 Å². The van der Waals surface area contributed by atoms with Crippen LogP contribution in [0.1, 0.15) is 25.3 Å². The summed E-state index contributed by atoms with van der Waals surface area (Å²) in [6, 6.07) is 16.1. The topological polar surface area (TPSA) is 69.7 Å². The van der Waals surface area contributed by atoms with Gasteiger partial charge in [-0.1, -0.05) is 30.3 Å². The fourth-order valence-electron chi connectivity index (χ4n) is 3.24. The smallest absolute Gasteiger partial charge is 0.243 e. The van der Waals surface area contributed by atoms with E-state index in [4.69, 9.17) is 0 Å². The molecule has 0 bridgehead atoms. The van der Waals surface area contributed by atoms with Crippen LogP contribution in [0.4, 0.5) is 5.69 Å². The molecule has 0 saturated carbocycles. The summed E-state index contributed by atoms with van der Waals surface area (Å²) in [5.74, 6) is -0.131. The second-order valence-corrected chi connectivity index (χ2v) is 9.14. The third-order valence-electron chi connectivity index (χ3n) is 5.14. The number of hydrogen-bond acceptors (Lipinski definition) is 4. The summed E-state index contributed by atoms with van der Waals surface area (Å²) in [6.07, 6.45) is 1.81. The molecule has 7 heteroatoms. The van der Waals surface area contributed by atoms with Crippen molar-refractivity contribution in [2.75, 3.05) is 25.5 Å². The minimum atomic E-state index is -3.44. The standard InChI is InChI=1S/C21H27N3O3S/c1-17(23(2)16-18-8-4-3-5-9-18)21(25)22-19-10-12-20(13-11-19)28(26,27)24-14-6-7-15-24/h3-5,8-13,17H,6-7,14-16H2,1-2H3,(H,22,25)/t17-/m1/s1. The molecule has 1 aliphatic heterocycles. The number of hydrogen-bond donors (Lipinski definition) is 1. The van der Waals surface area contributed by atoms with Crippen LogP contribution in [0.3, 0.4) is 0 Å². The zero-order chi connectivity index (χ0) is 20.1. The molecule has 0 radical (unpaired) electrons. The summed E-state index contributed by atoms with van der Waals surface area (Å²) < 4.78 is 26.7. The van der Waals surface area contributed by atoms with Crippen LogP contribution in [0.5, 0.6) is 0 Å². The number of rotatable bonds is 7. The van der Waals surface area contributed by atoms with Crippen molar-refractivity contribution in [3.63, 3.8) is 0 Å². The average Bonchev–Trinajstić information content (AvgIpc) is 3.24. The average molecular weight is 402 g/mol. The van der Waals surface area contributed by atoms with E-state index >= 15 is 0 Å². The highest BCUT2D eigenvalue weighted by Gasteiger charge is 2.27. The molecule has 2 aromatic carbocycles. The predicted octanol–water partition coefficient (Wildman–Crippen LogP) is 2.93. The number of carbonyl (C=O) groups is 1. The molecule has 3 rings (SSSR count). The number of likely N-dealkylation sites (N-methyl/N-ethyl adjacent to an activating group) is 1. The fourth-order valence-corrected chi connectivity index (χ4v) is 4.76. The Balaban J connectivity index is 1.60. The molecule has 1 N–H and O–H groups in total. The molecule has 0 aliphatic carbocycles. The molecule has 1 saturated heterocycles. The van der Waals surface area contributed by atoms with Crippen LogP contribution in [0.15, 0.2) is 59.5 Å². The summed E-state index contributed by atoms with van der Waals surface area (Å²) in [6.45, 7) is 3.67. The first-order valence-corrected chi connectivity index (χ1v) is 11.0. The molecule has 1 fully saturated rings. The molecule has 1 amide bonds. The van der Waals surface area contributed by atoms with Gasteiger partial charge >= 0.3 is 0 Å². The first kappa shape index (κ1) is 20.5. The molecule has 28 heavy (non-hydrogen) atoms. The van der Waals surface area contributed by atoms with Gasteiger partial charge in [-0.25, -0.2) is 8.42 Å². The highest BCUT2D eigenvalue weighted by molar-refractivity contribution is 7.89. The van der Waals surface area contributed by atoms with Crippen LogP contribution in [0, 0.1) is 0 Å². The largest absolute Gasteiger partial charge is 0.325 e. The molecule has 1 heterocycles. The van der Waals surface area contributed by atoms with Gasteiger partial charge in [0.1, 0.15) is 0 Å². The Labute approximate surface area is 167 Å². The van der Waals surface area contributed by atoms with Gasteiger partial charge in [-0.05, 0) is 56.6 Å². The maximum absolute atomic E-state index is 12.6. The maximum Gasteiger partial charge on any atom is 0.243 e. The van der Waals surface area contributed by atoms with Crippen LogP contribution in [-0.4, -0.2) is 49.7 Å². The fraction of sp³-hybridized carbons (Fsp3) is 0.381. The highest BCUT2D eigenvalue weighted by Crippen LogP contribution is 2.22. The van der Waals surface area contributed by atoms with Gasteiger partial charge in [0.05, 0.1) is 10.9 Å². The van der Waals surface area contributed by atoms with Crippen molar-refractivity contribution in [3.8, 4) is 0 Å². The zero-order valence-corrected chi connectivity index (χ0v) is 17.2. The van der Waals surface area contributed by atoms with Crippen molar-refractivity contribution in [3.05, 3.63) is 60.2 Å². The van der Waals surface area contributed by atoms with Gasteiger partial charge in [-0.15, -0.1) is 0 Å². The lowest BCUT2D eigenvalue weighted by Gasteiger charge is -2.24. The molecule has 0 unspecified atom stereocenters. The Hall–Kier alpha value is -2.22. The number of anilines is 1. The normalized spacial score (nSPS) is 16.2. The minimum absolute atomic E-state index is 0.131. The summed E-state index contributed by atoms with van der Waals surface area (Å²) in [5, 5.41) is 2.87. The van der Waals surface area contributed by atoms with Gasteiger partial charge in [-0.3, -0.25) is 9.69 Å². The lowest BCUT2D eigenvalue weighted by atomic mass is 10.2.